The lowest BCUT2D eigenvalue weighted by atomic mass is 10.1. The number of pyridine rings is 2. The Morgan fingerprint density at radius 1 is 1.09 bits per heavy atom. The second-order valence-corrected chi connectivity index (χ2v) is 7.79. The SMILES string of the molecule is C=C(O)C(F)(F)F.O=C1NCCc2[nH]c(-c3ccnc(/C=C/c4cnc5ccccc5c4)c3)cc21. The van der Waals surface area contributed by atoms with E-state index < -0.39 is 11.9 Å². The number of allylic oxidation sites excluding steroid dienone is 1. The first-order chi connectivity index (χ1) is 16.7. The predicted octanol–water partition coefficient (Wildman–Crippen LogP) is 5.70. The van der Waals surface area contributed by atoms with Crippen LogP contribution in [0.2, 0.25) is 0 Å². The van der Waals surface area contributed by atoms with Crippen molar-refractivity contribution >= 4 is 29.0 Å². The monoisotopic (exact) mass is 478 g/mol. The van der Waals surface area contributed by atoms with E-state index in [9.17, 15) is 18.0 Å². The van der Waals surface area contributed by atoms with Gasteiger partial charge in [0.25, 0.3) is 5.91 Å². The van der Waals surface area contributed by atoms with Gasteiger partial charge in [-0.3, -0.25) is 14.8 Å². The molecule has 0 saturated heterocycles. The Labute approximate surface area is 198 Å². The molecule has 4 heterocycles. The maximum atomic E-state index is 12.0. The number of benzene rings is 1. The van der Waals surface area contributed by atoms with E-state index in [1.165, 1.54) is 0 Å². The largest absolute Gasteiger partial charge is 0.505 e. The molecule has 0 aliphatic carbocycles. The summed E-state index contributed by atoms with van der Waals surface area (Å²) in [6, 6.07) is 16.1. The zero-order valence-electron chi connectivity index (χ0n) is 18.4. The summed E-state index contributed by atoms with van der Waals surface area (Å²) in [5.41, 5.74) is 6.53. The van der Waals surface area contributed by atoms with Gasteiger partial charge in [0.05, 0.1) is 16.8 Å². The molecule has 178 valence electrons. The van der Waals surface area contributed by atoms with Crippen molar-refractivity contribution in [2.75, 3.05) is 6.54 Å². The molecule has 0 unspecified atom stereocenters. The minimum absolute atomic E-state index is 0.0123. The molecule has 0 fully saturated rings. The highest BCUT2D eigenvalue weighted by Crippen LogP contribution is 2.25. The average molecular weight is 478 g/mol. The number of para-hydroxylation sites is 1. The van der Waals surface area contributed by atoms with E-state index in [2.05, 4.69) is 39.0 Å². The Morgan fingerprint density at radius 3 is 2.60 bits per heavy atom. The van der Waals surface area contributed by atoms with E-state index in [1.807, 2.05) is 54.7 Å². The number of aliphatic hydroxyl groups excluding tert-OH is 1. The van der Waals surface area contributed by atoms with Crippen LogP contribution in [0.1, 0.15) is 27.3 Å². The van der Waals surface area contributed by atoms with Crippen molar-refractivity contribution in [3.05, 3.63) is 95.8 Å². The molecule has 1 aromatic carbocycles. The molecule has 0 spiro atoms. The molecule has 1 aliphatic rings. The standard InChI is InChI=1S/C23H18N4O.C3H3F3O/c28-23-19-13-22(27-21(19)8-10-25-23)17-7-9-24-18(12-17)6-5-15-11-16-3-1-2-4-20(16)26-14-15;1-2(7)3(4,5)6/h1-7,9,11-14,27H,8,10H2,(H,25,28);7H,1H2/b6-5+;. The van der Waals surface area contributed by atoms with Crippen molar-refractivity contribution in [2.45, 2.75) is 12.6 Å². The van der Waals surface area contributed by atoms with Crippen LogP contribution in [0.4, 0.5) is 13.2 Å². The highest BCUT2D eigenvalue weighted by molar-refractivity contribution is 5.97. The summed E-state index contributed by atoms with van der Waals surface area (Å²) in [5, 5.41) is 11.6. The first kappa shape index (κ1) is 23.7. The molecule has 3 aromatic heterocycles. The van der Waals surface area contributed by atoms with Gasteiger partial charge >= 0.3 is 6.18 Å². The van der Waals surface area contributed by atoms with Crippen LogP contribution >= 0.6 is 0 Å². The van der Waals surface area contributed by atoms with Crippen LogP contribution in [0.15, 0.2) is 73.3 Å². The normalized spacial score (nSPS) is 13.2. The second-order valence-electron chi connectivity index (χ2n) is 7.79. The number of aromatic amines is 1. The summed E-state index contributed by atoms with van der Waals surface area (Å²) >= 11 is 0. The van der Waals surface area contributed by atoms with Crippen molar-refractivity contribution in [2.24, 2.45) is 0 Å². The first-order valence-corrected chi connectivity index (χ1v) is 10.6. The van der Waals surface area contributed by atoms with E-state index in [4.69, 9.17) is 5.11 Å². The number of rotatable bonds is 3. The van der Waals surface area contributed by atoms with Gasteiger partial charge in [0.1, 0.15) is 0 Å². The predicted molar refractivity (Wildman–Crippen MR) is 129 cm³/mol. The van der Waals surface area contributed by atoms with Gasteiger partial charge in [0.15, 0.2) is 5.76 Å². The Morgan fingerprint density at radius 2 is 1.86 bits per heavy atom. The van der Waals surface area contributed by atoms with Gasteiger partial charge in [-0.2, -0.15) is 13.2 Å². The summed E-state index contributed by atoms with van der Waals surface area (Å²) in [7, 11) is 0. The summed E-state index contributed by atoms with van der Waals surface area (Å²) in [6.45, 7) is 2.93. The Balaban J connectivity index is 0.000000364. The molecule has 1 amide bonds. The third-order valence-corrected chi connectivity index (χ3v) is 5.28. The van der Waals surface area contributed by atoms with Crippen LogP contribution in [0, 0.1) is 0 Å². The number of H-pyrrole nitrogens is 1. The van der Waals surface area contributed by atoms with E-state index >= 15 is 0 Å². The number of hydrogen-bond donors (Lipinski definition) is 3. The van der Waals surface area contributed by atoms with Crippen LogP contribution in [0.25, 0.3) is 34.3 Å². The van der Waals surface area contributed by atoms with Crippen molar-refractivity contribution in [3.8, 4) is 11.3 Å². The highest BCUT2D eigenvalue weighted by atomic mass is 19.4. The number of halogens is 3. The molecule has 0 bridgehead atoms. The Bertz CT molecular complexity index is 1420. The molecule has 4 aromatic rings. The zero-order valence-corrected chi connectivity index (χ0v) is 18.4. The Hall–Kier alpha value is -4.40. The van der Waals surface area contributed by atoms with Crippen molar-refractivity contribution in [1.82, 2.24) is 20.3 Å². The number of nitrogens with one attached hydrogen (secondary N) is 2. The molecule has 1 aliphatic heterocycles. The molecule has 0 radical (unpaired) electrons. The minimum Gasteiger partial charge on any atom is -0.505 e. The number of alkyl halides is 3. The van der Waals surface area contributed by atoms with Gasteiger partial charge in [0, 0.05) is 47.7 Å². The first-order valence-electron chi connectivity index (χ1n) is 10.6. The number of hydrogen-bond acceptors (Lipinski definition) is 4. The fourth-order valence-electron chi connectivity index (χ4n) is 3.52. The zero-order chi connectivity index (χ0) is 25.0. The van der Waals surface area contributed by atoms with Gasteiger partial charge < -0.3 is 15.4 Å². The van der Waals surface area contributed by atoms with Gasteiger partial charge in [-0.15, -0.1) is 0 Å². The molecule has 35 heavy (non-hydrogen) atoms. The maximum Gasteiger partial charge on any atom is 0.448 e. The van der Waals surface area contributed by atoms with E-state index in [-0.39, 0.29) is 5.91 Å². The lowest BCUT2D eigenvalue weighted by molar-refractivity contribution is -0.119. The van der Waals surface area contributed by atoms with Crippen molar-refractivity contribution in [1.29, 1.82) is 0 Å². The van der Waals surface area contributed by atoms with E-state index in [1.54, 1.807) is 6.20 Å². The number of nitrogens with zero attached hydrogens (tertiary/aromatic N) is 2. The number of aromatic nitrogens is 3. The topological polar surface area (TPSA) is 90.9 Å². The highest BCUT2D eigenvalue weighted by Gasteiger charge is 2.31. The lowest BCUT2D eigenvalue weighted by Gasteiger charge is -2.10. The molecule has 3 N–H and O–H groups in total. The molecule has 0 atom stereocenters. The van der Waals surface area contributed by atoms with E-state index in [0.717, 1.165) is 51.1 Å². The summed E-state index contributed by atoms with van der Waals surface area (Å²) in [4.78, 5) is 24.3. The van der Waals surface area contributed by atoms with Crippen molar-refractivity contribution in [3.63, 3.8) is 0 Å². The minimum atomic E-state index is -4.64. The number of fused-ring (bicyclic) bond motifs is 2. The third-order valence-electron chi connectivity index (χ3n) is 5.28. The average Bonchev–Trinajstić information content (AvgIpc) is 3.29. The molecular formula is C26H21F3N4O2. The Kier molecular flexibility index (Phi) is 6.68. The fourth-order valence-corrected chi connectivity index (χ4v) is 3.52. The molecule has 0 saturated carbocycles. The number of carbonyl (C=O) groups is 1. The fraction of sp³-hybridized carbons (Fsp3) is 0.115. The quantitative estimate of drug-likeness (QED) is 0.330. The van der Waals surface area contributed by atoms with Crippen molar-refractivity contribution < 1.29 is 23.1 Å². The van der Waals surface area contributed by atoms with E-state index in [0.29, 0.717) is 6.54 Å². The number of carbonyl (C=O) groups excluding carboxylic acids is 1. The smallest absolute Gasteiger partial charge is 0.448 e. The molecule has 5 rings (SSSR count). The lowest BCUT2D eigenvalue weighted by Crippen LogP contribution is -2.31. The summed E-state index contributed by atoms with van der Waals surface area (Å²) in [5.74, 6) is -1.77. The molecule has 6 nitrogen and oxygen atoms in total. The van der Waals surface area contributed by atoms with Gasteiger partial charge in [0.2, 0.25) is 0 Å². The molecule has 9 heteroatoms. The van der Waals surface area contributed by atoms with Crippen LogP contribution in [-0.2, 0) is 6.42 Å². The van der Waals surface area contributed by atoms with Crippen LogP contribution < -0.4 is 5.32 Å². The number of aliphatic hydroxyl groups is 1. The summed E-state index contributed by atoms with van der Waals surface area (Å²) in [6.07, 6.45) is 3.82. The van der Waals surface area contributed by atoms with Gasteiger partial charge in [-0.05, 0) is 42.0 Å². The number of amides is 1. The van der Waals surface area contributed by atoms with Crippen LogP contribution in [0.5, 0.6) is 0 Å². The third kappa shape index (κ3) is 5.75. The summed E-state index contributed by atoms with van der Waals surface area (Å²) < 4.78 is 32.5. The molecular weight excluding hydrogens is 457 g/mol. The van der Waals surface area contributed by atoms with Crippen LogP contribution in [0.3, 0.4) is 0 Å². The second kappa shape index (κ2) is 9.84. The maximum absolute atomic E-state index is 12.0. The van der Waals surface area contributed by atoms with Gasteiger partial charge in [-0.1, -0.05) is 30.9 Å². The van der Waals surface area contributed by atoms with Crippen LogP contribution in [-0.4, -0.2) is 38.7 Å². The van der Waals surface area contributed by atoms with Gasteiger partial charge in [-0.25, -0.2) is 0 Å².